The van der Waals surface area contributed by atoms with Crippen LogP contribution in [0.2, 0.25) is 0 Å². The fourth-order valence-electron chi connectivity index (χ4n) is 5.34. The van der Waals surface area contributed by atoms with Crippen molar-refractivity contribution < 1.29 is 4.74 Å². The molecular weight excluding hydrogens is 458 g/mol. The number of hydrogen-bond acceptors (Lipinski definition) is 5. The van der Waals surface area contributed by atoms with E-state index < -0.39 is 0 Å². The van der Waals surface area contributed by atoms with E-state index in [1.54, 1.807) is 0 Å². The lowest BCUT2D eigenvalue weighted by molar-refractivity contribution is 0.0342. The number of pyridine rings is 2. The van der Waals surface area contributed by atoms with Gasteiger partial charge in [0.15, 0.2) is 0 Å². The molecule has 37 heavy (non-hydrogen) atoms. The van der Waals surface area contributed by atoms with E-state index in [-0.39, 0.29) is 0 Å². The number of imidazole rings is 1. The molecule has 0 aliphatic carbocycles. The average Bonchev–Trinajstić information content (AvgIpc) is 3.36. The maximum Gasteiger partial charge on any atom is 0.145 e. The van der Waals surface area contributed by atoms with Gasteiger partial charge in [-0.1, -0.05) is 42.0 Å². The summed E-state index contributed by atoms with van der Waals surface area (Å²) in [7, 11) is 0. The Balaban J connectivity index is 1.46. The Morgan fingerprint density at radius 1 is 0.757 bits per heavy atom. The second-order valence-corrected chi connectivity index (χ2v) is 9.69. The number of aryl methyl sites for hydroxylation is 1. The lowest BCUT2D eigenvalue weighted by Gasteiger charge is -2.26. The molecule has 0 radical (unpaired) electrons. The number of hydrogen-bond donors (Lipinski definition) is 0. The lowest BCUT2D eigenvalue weighted by Crippen LogP contribution is -2.35. The molecule has 6 nitrogen and oxygen atoms in total. The minimum absolute atomic E-state index is 0.810. The molecule has 182 valence electrons. The van der Waals surface area contributed by atoms with Crippen LogP contribution in [0.1, 0.15) is 11.1 Å². The van der Waals surface area contributed by atoms with Crippen molar-refractivity contribution in [2.75, 3.05) is 26.3 Å². The Morgan fingerprint density at radius 3 is 2.16 bits per heavy atom. The molecule has 0 unspecified atom stereocenters. The predicted octanol–water partition coefficient (Wildman–Crippen LogP) is 5.93. The van der Waals surface area contributed by atoms with Gasteiger partial charge in [0.25, 0.3) is 0 Å². The van der Waals surface area contributed by atoms with Crippen LogP contribution in [0.15, 0.2) is 85.2 Å². The van der Waals surface area contributed by atoms with Crippen LogP contribution in [0.5, 0.6) is 0 Å². The SMILES string of the molecule is Cc1ccc(-n2c(-c3ccc(CN4CCOCC4)cc3)nc3c4cccnc4c4ncccc4c32)cc1. The second-order valence-electron chi connectivity index (χ2n) is 9.69. The molecule has 0 atom stereocenters. The number of rotatable bonds is 4. The summed E-state index contributed by atoms with van der Waals surface area (Å²) >= 11 is 0. The van der Waals surface area contributed by atoms with Crippen molar-refractivity contribution in [3.05, 3.63) is 96.3 Å². The molecule has 0 N–H and O–H groups in total. The van der Waals surface area contributed by atoms with E-state index in [0.29, 0.717) is 0 Å². The first-order valence-electron chi connectivity index (χ1n) is 12.8. The maximum atomic E-state index is 5.51. The topological polar surface area (TPSA) is 56.1 Å². The molecule has 4 heterocycles. The summed E-state index contributed by atoms with van der Waals surface area (Å²) in [4.78, 5) is 17.2. The fraction of sp³-hybridized carbons (Fsp3) is 0.194. The van der Waals surface area contributed by atoms with Crippen molar-refractivity contribution in [3.8, 4) is 17.1 Å². The molecule has 1 saturated heterocycles. The van der Waals surface area contributed by atoms with E-state index in [1.807, 2.05) is 24.5 Å². The number of fused-ring (bicyclic) bond motifs is 6. The molecule has 1 aliphatic heterocycles. The number of ether oxygens (including phenoxy) is 1. The Hall–Kier alpha value is -4.13. The molecule has 6 heteroatoms. The van der Waals surface area contributed by atoms with Gasteiger partial charge in [0, 0.05) is 54.1 Å². The van der Waals surface area contributed by atoms with Gasteiger partial charge in [-0.2, -0.15) is 0 Å². The number of aromatic nitrogens is 4. The van der Waals surface area contributed by atoms with Crippen LogP contribution in [0.4, 0.5) is 0 Å². The van der Waals surface area contributed by atoms with Crippen LogP contribution in [-0.2, 0) is 11.3 Å². The van der Waals surface area contributed by atoms with Gasteiger partial charge in [0.2, 0.25) is 0 Å². The van der Waals surface area contributed by atoms with Crippen molar-refractivity contribution in [2.24, 2.45) is 0 Å². The molecular formula is C31H27N5O. The molecule has 0 saturated carbocycles. The molecule has 1 fully saturated rings. The molecule has 1 aliphatic rings. The van der Waals surface area contributed by atoms with Gasteiger partial charge in [-0.25, -0.2) is 4.98 Å². The Labute approximate surface area is 215 Å². The van der Waals surface area contributed by atoms with E-state index in [2.05, 4.69) is 77.1 Å². The Kier molecular flexibility index (Phi) is 5.42. The first kappa shape index (κ1) is 22.1. The van der Waals surface area contributed by atoms with Crippen LogP contribution in [-0.4, -0.2) is 50.7 Å². The summed E-state index contributed by atoms with van der Waals surface area (Å²) in [5, 5.41) is 2.06. The van der Waals surface area contributed by atoms with Crippen molar-refractivity contribution in [1.29, 1.82) is 0 Å². The van der Waals surface area contributed by atoms with Crippen LogP contribution in [0.25, 0.3) is 49.9 Å². The third kappa shape index (κ3) is 3.86. The van der Waals surface area contributed by atoms with Crippen molar-refractivity contribution in [2.45, 2.75) is 13.5 Å². The first-order valence-corrected chi connectivity index (χ1v) is 12.8. The fourth-order valence-corrected chi connectivity index (χ4v) is 5.34. The number of nitrogens with zero attached hydrogens (tertiary/aromatic N) is 5. The first-order chi connectivity index (χ1) is 18.3. The summed E-state index contributed by atoms with van der Waals surface area (Å²) < 4.78 is 7.79. The minimum Gasteiger partial charge on any atom is -0.379 e. The molecule has 6 aromatic rings. The smallest absolute Gasteiger partial charge is 0.145 e. The van der Waals surface area contributed by atoms with Gasteiger partial charge in [0.1, 0.15) is 5.82 Å². The zero-order chi connectivity index (χ0) is 24.8. The van der Waals surface area contributed by atoms with Crippen LogP contribution in [0.3, 0.4) is 0 Å². The molecule has 3 aromatic heterocycles. The van der Waals surface area contributed by atoms with E-state index >= 15 is 0 Å². The van der Waals surface area contributed by atoms with Gasteiger partial charge in [0.05, 0.1) is 35.3 Å². The molecule has 3 aromatic carbocycles. The number of morpholine rings is 1. The molecule has 7 rings (SSSR count). The zero-order valence-electron chi connectivity index (χ0n) is 20.8. The monoisotopic (exact) mass is 485 g/mol. The standard InChI is InChI=1S/C31H27N5O/c1-21-6-12-24(13-7-21)36-30-26-5-3-15-33-28(26)27-25(4-2-14-32-27)29(30)34-31(36)23-10-8-22(9-11-23)20-35-16-18-37-19-17-35/h2-15H,16-20H2,1H3. The van der Waals surface area contributed by atoms with Crippen LogP contribution < -0.4 is 0 Å². The van der Waals surface area contributed by atoms with Gasteiger partial charge in [-0.15, -0.1) is 0 Å². The number of benzene rings is 3. The van der Waals surface area contributed by atoms with Crippen molar-refractivity contribution in [1.82, 2.24) is 24.4 Å². The minimum atomic E-state index is 0.810. The third-order valence-electron chi connectivity index (χ3n) is 7.24. The second kappa shape index (κ2) is 9.07. The summed E-state index contributed by atoms with van der Waals surface area (Å²) in [6.07, 6.45) is 3.66. The average molecular weight is 486 g/mol. The Bertz CT molecular complexity index is 1730. The lowest BCUT2D eigenvalue weighted by atomic mass is 10.1. The van der Waals surface area contributed by atoms with Gasteiger partial charge >= 0.3 is 0 Å². The van der Waals surface area contributed by atoms with E-state index in [0.717, 1.165) is 82.8 Å². The van der Waals surface area contributed by atoms with E-state index in [1.165, 1.54) is 11.1 Å². The molecule has 0 amide bonds. The quantitative estimate of drug-likeness (QED) is 0.290. The van der Waals surface area contributed by atoms with Gasteiger partial charge in [-0.3, -0.25) is 19.4 Å². The zero-order valence-corrected chi connectivity index (χ0v) is 20.8. The Morgan fingerprint density at radius 2 is 1.43 bits per heavy atom. The molecule has 0 spiro atoms. The third-order valence-corrected chi connectivity index (χ3v) is 7.24. The van der Waals surface area contributed by atoms with Crippen molar-refractivity contribution >= 4 is 32.8 Å². The highest BCUT2D eigenvalue weighted by Crippen LogP contribution is 2.37. The maximum absolute atomic E-state index is 5.51. The predicted molar refractivity (Wildman–Crippen MR) is 148 cm³/mol. The highest BCUT2D eigenvalue weighted by Gasteiger charge is 2.21. The normalized spacial score (nSPS) is 14.6. The highest BCUT2D eigenvalue weighted by molar-refractivity contribution is 6.21. The summed E-state index contributed by atoms with van der Waals surface area (Å²) in [5.74, 6) is 0.915. The molecule has 0 bridgehead atoms. The van der Waals surface area contributed by atoms with Gasteiger partial charge < -0.3 is 4.74 Å². The van der Waals surface area contributed by atoms with Gasteiger partial charge in [-0.05, 0) is 48.9 Å². The van der Waals surface area contributed by atoms with Crippen molar-refractivity contribution in [3.63, 3.8) is 0 Å². The van der Waals surface area contributed by atoms with Crippen LogP contribution >= 0.6 is 0 Å². The largest absolute Gasteiger partial charge is 0.379 e. The summed E-state index contributed by atoms with van der Waals surface area (Å²) in [6, 6.07) is 25.7. The highest BCUT2D eigenvalue weighted by atomic mass is 16.5. The van der Waals surface area contributed by atoms with Crippen LogP contribution in [0, 0.1) is 6.92 Å². The summed E-state index contributed by atoms with van der Waals surface area (Å²) in [6.45, 7) is 6.63. The van der Waals surface area contributed by atoms with E-state index in [9.17, 15) is 0 Å². The van der Waals surface area contributed by atoms with E-state index in [4.69, 9.17) is 19.7 Å². The summed E-state index contributed by atoms with van der Waals surface area (Å²) in [5.41, 5.74) is 8.45.